The lowest BCUT2D eigenvalue weighted by atomic mass is 10.1. The minimum absolute atomic E-state index is 0.671. The molecule has 0 N–H and O–H groups in total. The van der Waals surface area contributed by atoms with Crippen molar-refractivity contribution in [2.24, 2.45) is 0 Å². The largest absolute Gasteiger partial charge is 0.497 e. The third-order valence-corrected chi connectivity index (χ3v) is 9.31. The van der Waals surface area contributed by atoms with E-state index in [4.69, 9.17) is 38.9 Å². The Morgan fingerprint density at radius 2 is 1.02 bits per heavy atom. The van der Waals surface area contributed by atoms with Crippen molar-refractivity contribution in [1.29, 1.82) is 0 Å². The van der Waals surface area contributed by atoms with Crippen LogP contribution in [0.3, 0.4) is 0 Å². The lowest BCUT2D eigenvalue weighted by Crippen LogP contribution is -2.01. The molecule has 0 unspecified atom stereocenters. The fraction of sp³-hybridized carbons (Fsp3) is 0.250. The van der Waals surface area contributed by atoms with E-state index < -0.39 is 0 Å². The molecule has 0 amide bonds. The highest BCUT2D eigenvalue weighted by Gasteiger charge is 2.22. The third kappa shape index (κ3) is 5.56. The normalized spacial score (nSPS) is 11.3. The number of nitrogens with zero attached hydrogens (tertiary/aromatic N) is 8. The number of hydrogen-bond acceptors (Lipinski definition) is 10. The van der Waals surface area contributed by atoms with E-state index >= 15 is 0 Å². The number of pyridine rings is 2. The molecule has 264 valence electrons. The Bertz CT molecular complexity index is 2480. The first-order valence-corrected chi connectivity index (χ1v) is 16.8. The monoisotopic (exact) mass is 696 g/mol. The van der Waals surface area contributed by atoms with Gasteiger partial charge in [-0.05, 0) is 65.3 Å². The number of aryl methyl sites for hydroxylation is 6. The highest BCUT2D eigenvalue weighted by atomic mass is 16.5. The second kappa shape index (κ2) is 13.4. The van der Waals surface area contributed by atoms with E-state index in [2.05, 4.69) is 18.8 Å². The Labute approximate surface area is 301 Å². The number of imidazole rings is 2. The first-order chi connectivity index (χ1) is 25.1. The van der Waals surface area contributed by atoms with Crippen molar-refractivity contribution in [1.82, 2.24) is 38.7 Å². The van der Waals surface area contributed by atoms with Crippen LogP contribution < -0.4 is 18.9 Å². The van der Waals surface area contributed by atoms with Gasteiger partial charge in [-0.15, -0.1) is 0 Å². The van der Waals surface area contributed by atoms with Crippen LogP contribution in [0.15, 0.2) is 61.1 Å². The smallest absolute Gasteiger partial charge is 0.150 e. The van der Waals surface area contributed by atoms with Crippen molar-refractivity contribution in [2.75, 3.05) is 28.4 Å². The summed E-state index contributed by atoms with van der Waals surface area (Å²) in [6.45, 7) is 12.0. The van der Waals surface area contributed by atoms with Crippen LogP contribution in [-0.4, -0.2) is 67.1 Å². The Morgan fingerprint density at radius 3 is 1.48 bits per heavy atom. The predicted molar refractivity (Wildman–Crippen MR) is 202 cm³/mol. The zero-order chi connectivity index (χ0) is 36.8. The zero-order valence-electron chi connectivity index (χ0n) is 31.0. The van der Waals surface area contributed by atoms with Crippen molar-refractivity contribution in [3.63, 3.8) is 0 Å². The summed E-state index contributed by atoms with van der Waals surface area (Å²) in [6.07, 6.45) is 5.43. The highest BCUT2D eigenvalue weighted by Crippen LogP contribution is 2.37. The maximum atomic E-state index is 5.56. The van der Waals surface area contributed by atoms with Gasteiger partial charge in [0, 0.05) is 59.7 Å². The number of ether oxygens (including phenoxy) is 4. The number of aromatic nitrogens is 8. The van der Waals surface area contributed by atoms with E-state index in [-0.39, 0.29) is 0 Å². The minimum Gasteiger partial charge on any atom is -0.497 e. The number of hydrogen-bond donors (Lipinski definition) is 0. The van der Waals surface area contributed by atoms with E-state index in [1.807, 2.05) is 90.2 Å². The first kappa shape index (κ1) is 34.2. The molecule has 8 rings (SSSR count). The van der Waals surface area contributed by atoms with Gasteiger partial charge in [0.1, 0.15) is 45.7 Å². The van der Waals surface area contributed by atoms with Crippen LogP contribution >= 0.6 is 0 Å². The molecule has 12 heteroatoms. The van der Waals surface area contributed by atoms with E-state index in [1.54, 1.807) is 40.8 Å². The molecule has 0 fully saturated rings. The molecule has 52 heavy (non-hydrogen) atoms. The predicted octanol–water partition coefficient (Wildman–Crippen LogP) is 7.77. The molecule has 0 spiro atoms. The second-order valence-corrected chi connectivity index (χ2v) is 12.5. The average molecular weight is 697 g/mol. The minimum atomic E-state index is 0.671. The van der Waals surface area contributed by atoms with E-state index in [9.17, 15) is 0 Å². The van der Waals surface area contributed by atoms with Crippen LogP contribution in [-0.2, 0) is 0 Å². The summed E-state index contributed by atoms with van der Waals surface area (Å²) in [5.41, 5.74) is 13.0. The van der Waals surface area contributed by atoms with Gasteiger partial charge in [0.2, 0.25) is 0 Å². The van der Waals surface area contributed by atoms with Gasteiger partial charge in [-0.2, -0.15) is 0 Å². The Hall–Kier alpha value is -6.30. The highest BCUT2D eigenvalue weighted by molar-refractivity contribution is 5.90. The maximum absolute atomic E-state index is 5.56. The fourth-order valence-corrected chi connectivity index (χ4v) is 6.87. The van der Waals surface area contributed by atoms with Crippen molar-refractivity contribution >= 4 is 33.1 Å². The van der Waals surface area contributed by atoms with Gasteiger partial charge >= 0.3 is 0 Å². The van der Waals surface area contributed by atoms with Crippen molar-refractivity contribution < 1.29 is 18.9 Å². The van der Waals surface area contributed by atoms with Gasteiger partial charge in [-0.3, -0.25) is 18.8 Å². The summed E-state index contributed by atoms with van der Waals surface area (Å²) >= 11 is 0. The Kier molecular flexibility index (Phi) is 8.83. The van der Waals surface area contributed by atoms with E-state index in [0.717, 1.165) is 89.9 Å². The van der Waals surface area contributed by atoms with Gasteiger partial charge in [0.15, 0.2) is 0 Å². The van der Waals surface area contributed by atoms with Crippen LogP contribution in [0.25, 0.3) is 55.9 Å². The zero-order valence-corrected chi connectivity index (χ0v) is 31.0. The van der Waals surface area contributed by atoms with Crippen LogP contribution in [0, 0.1) is 41.5 Å². The molecule has 0 saturated carbocycles. The van der Waals surface area contributed by atoms with Crippen LogP contribution in [0.2, 0.25) is 0 Å². The number of benzene rings is 2. The second-order valence-electron chi connectivity index (χ2n) is 12.5. The molecule has 0 radical (unpaired) electrons. The third-order valence-electron chi connectivity index (χ3n) is 9.31. The average Bonchev–Trinajstić information content (AvgIpc) is 3.69. The lowest BCUT2D eigenvalue weighted by Gasteiger charge is -2.13. The number of rotatable bonds is 6. The van der Waals surface area contributed by atoms with Crippen molar-refractivity contribution in [3.8, 4) is 45.8 Å². The maximum Gasteiger partial charge on any atom is 0.150 e. The SMILES string of the molecule is COc1cc(OC)c2nc(C)c3c(C)nc(-c4cccnc4C)n3c2c1.COc1cc(OC)c2nc(C)c3c(C)nc(-c4ccncc4C)n3c2c1. The molecule has 6 heterocycles. The molecule has 0 atom stereocenters. The number of fused-ring (bicyclic) bond motifs is 6. The molecule has 0 aliphatic carbocycles. The molecular formula is C40H40N8O4. The lowest BCUT2D eigenvalue weighted by molar-refractivity contribution is 0.397. The van der Waals surface area contributed by atoms with Crippen LogP contribution in [0.4, 0.5) is 0 Å². The summed E-state index contributed by atoms with van der Waals surface area (Å²) in [7, 11) is 6.57. The topological polar surface area (TPSA) is 123 Å². The summed E-state index contributed by atoms with van der Waals surface area (Å²) < 4.78 is 26.3. The molecule has 12 nitrogen and oxygen atoms in total. The van der Waals surface area contributed by atoms with E-state index in [0.29, 0.717) is 23.0 Å². The molecule has 0 saturated heterocycles. The molecule has 2 aromatic carbocycles. The molecule has 0 bridgehead atoms. The first-order valence-electron chi connectivity index (χ1n) is 16.8. The summed E-state index contributed by atoms with van der Waals surface area (Å²) in [5.74, 6) is 4.47. The molecular weight excluding hydrogens is 656 g/mol. The van der Waals surface area contributed by atoms with Crippen molar-refractivity contribution in [2.45, 2.75) is 41.5 Å². The fourth-order valence-electron chi connectivity index (χ4n) is 6.87. The van der Waals surface area contributed by atoms with Gasteiger partial charge in [0.25, 0.3) is 0 Å². The Balaban J connectivity index is 0.000000162. The van der Waals surface area contributed by atoms with Crippen LogP contribution in [0.1, 0.15) is 34.0 Å². The summed E-state index contributed by atoms with van der Waals surface area (Å²) in [5, 5.41) is 0. The van der Waals surface area contributed by atoms with Crippen LogP contribution in [0.5, 0.6) is 23.0 Å². The van der Waals surface area contributed by atoms with Gasteiger partial charge < -0.3 is 18.9 Å². The van der Waals surface area contributed by atoms with Crippen molar-refractivity contribution in [3.05, 3.63) is 95.1 Å². The molecule has 6 aromatic heterocycles. The quantitative estimate of drug-likeness (QED) is 0.170. The molecule has 8 aromatic rings. The standard InChI is InChI=1S/2C20H20N4O2/c1-11-10-21-7-6-15(11)20-23-13(3)19-12(2)22-18-16(24(19)20)8-14(25-4)9-17(18)26-5;1-11-15(7-6-8-21-11)20-23-13(3)19-12(2)22-18-16(24(19)20)9-14(25-4)10-17(18)26-5/h2*6-10H,1-5H3. The van der Waals surface area contributed by atoms with E-state index in [1.165, 1.54) is 0 Å². The summed E-state index contributed by atoms with van der Waals surface area (Å²) in [4.78, 5) is 27.9. The van der Waals surface area contributed by atoms with Gasteiger partial charge in [-0.1, -0.05) is 0 Å². The van der Waals surface area contributed by atoms with Gasteiger partial charge in [0.05, 0.1) is 73.3 Å². The Morgan fingerprint density at radius 1 is 0.519 bits per heavy atom. The summed E-state index contributed by atoms with van der Waals surface area (Å²) in [6, 6.07) is 13.6. The van der Waals surface area contributed by atoms with Gasteiger partial charge in [-0.25, -0.2) is 19.9 Å². The molecule has 0 aliphatic rings. The number of methoxy groups -OCH3 is 4. The molecule has 0 aliphatic heterocycles.